The van der Waals surface area contributed by atoms with Gasteiger partial charge in [-0.1, -0.05) is 6.92 Å². The second-order valence-corrected chi connectivity index (χ2v) is 4.39. The van der Waals surface area contributed by atoms with Crippen LogP contribution in [0.15, 0.2) is 12.3 Å². The number of hydrogen-bond donors (Lipinski definition) is 3. The Morgan fingerprint density at radius 3 is 3.12 bits per heavy atom. The molecular weight excluding hydrogens is 218 g/mol. The largest absolute Gasteiger partial charge is 0.327 e. The third-order valence-corrected chi connectivity index (χ3v) is 3.02. The minimum Gasteiger partial charge on any atom is -0.327 e. The molecule has 0 aromatic carbocycles. The third kappa shape index (κ3) is 2.83. The van der Waals surface area contributed by atoms with Crippen molar-refractivity contribution in [3.05, 3.63) is 12.3 Å². The van der Waals surface area contributed by atoms with Crippen molar-refractivity contribution in [3.63, 3.8) is 0 Å². The van der Waals surface area contributed by atoms with Gasteiger partial charge in [-0.2, -0.15) is 5.10 Å². The van der Waals surface area contributed by atoms with Gasteiger partial charge in [0.1, 0.15) is 5.82 Å². The van der Waals surface area contributed by atoms with Crippen LogP contribution in [0.5, 0.6) is 0 Å². The van der Waals surface area contributed by atoms with Crippen molar-refractivity contribution in [1.29, 1.82) is 0 Å². The molecule has 4 N–H and O–H groups in total. The van der Waals surface area contributed by atoms with Crippen LogP contribution in [0.4, 0.5) is 5.82 Å². The van der Waals surface area contributed by atoms with E-state index < -0.39 is 0 Å². The first kappa shape index (κ1) is 12.1. The van der Waals surface area contributed by atoms with Gasteiger partial charge in [-0.25, -0.2) is 4.68 Å². The highest BCUT2D eigenvalue weighted by atomic mass is 16.1. The number of nitrogens with two attached hydrogens (primary N) is 1. The predicted octanol–water partition coefficient (Wildman–Crippen LogP) is 0.0933. The van der Waals surface area contributed by atoms with Gasteiger partial charge in [0.15, 0.2) is 0 Å². The molecule has 2 heterocycles. The number of nitrogens with one attached hydrogen (secondary N) is 2. The fourth-order valence-electron chi connectivity index (χ4n) is 1.73. The van der Waals surface area contributed by atoms with E-state index in [-0.39, 0.29) is 11.9 Å². The molecule has 6 nitrogen and oxygen atoms in total. The summed E-state index contributed by atoms with van der Waals surface area (Å²) in [5.74, 6) is 0.707. The van der Waals surface area contributed by atoms with Crippen molar-refractivity contribution in [2.45, 2.75) is 31.8 Å². The molecule has 0 aliphatic carbocycles. The second kappa shape index (κ2) is 5.29. The molecule has 1 fully saturated rings. The Balaban J connectivity index is 1.93. The van der Waals surface area contributed by atoms with Crippen molar-refractivity contribution in [2.75, 3.05) is 18.4 Å². The molecule has 1 amide bonds. The van der Waals surface area contributed by atoms with Crippen molar-refractivity contribution >= 4 is 11.7 Å². The Kier molecular flexibility index (Phi) is 3.75. The standard InChI is InChI=1S/C11H19N5O/c1-2-8(12)5-11(17)15-10-3-4-14-16(10)9-6-13-7-9/h3-4,8-9,13H,2,5-7,12H2,1H3,(H,15,17). The Morgan fingerprint density at radius 2 is 2.53 bits per heavy atom. The first-order chi connectivity index (χ1) is 8.20. The Morgan fingerprint density at radius 1 is 1.76 bits per heavy atom. The van der Waals surface area contributed by atoms with Crippen LogP contribution in [0.3, 0.4) is 0 Å². The van der Waals surface area contributed by atoms with Crippen LogP contribution in [0.25, 0.3) is 0 Å². The highest BCUT2D eigenvalue weighted by Crippen LogP contribution is 2.17. The summed E-state index contributed by atoms with van der Waals surface area (Å²) in [6.07, 6.45) is 2.86. The molecule has 1 atom stereocenters. The number of nitrogens with zero attached hydrogens (tertiary/aromatic N) is 2. The molecule has 6 heteroatoms. The zero-order chi connectivity index (χ0) is 12.3. The van der Waals surface area contributed by atoms with Crippen LogP contribution in [0, 0.1) is 0 Å². The van der Waals surface area contributed by atoms with E-state index in [1.165, 1.54) is 0 Å². The maximum absolute atomic E-state index is 11.7. The van der Waals surface area contributed by atoms with Crippen LogP contribution in [-0.2, 0) is 4.79 Å². The van der Waals surface area contributed by atoms with Crippen LogP contribution < -0.4 is 16.4 Å². The molecular formula is C11H19N5O. The summed E-state index contributed by atoms with van der Waals surface area (Å²) >= 11 is 0. The van der Waals surface area contributed by atoms with E-state index in [1.807, 2.05) is 17.7 Å². The monoisotopic (exact) mass is 237 g/mol. The van der Waals surface area contributed by atoms with Crippen molar-refractivity contribution in [3.8, 4) is 0 Å². The van der Waals surface area contributed by atoms with Crippen LogP contribution >= 0.6 is 0 Å². The lowest BCUT2D eigenvalue weighted by Crippen LogP contribution is -2.44. The Hall–Kier alpha value is -1.40. The summed E-state index contributed by atoms with van der Waals surface area (Å²) in [4.78, 5) is 11.7. The van der Waals surface area contributed by atoms with E-state index in [9.17, 15) is 4.79 Å². The molecule has 0 bridgehead atoms. The average molecular weight is 237 g/mol. The van der Waals surface area contributed by atoms with E-state index >= 15 is 0 Å². The first-order valence-corrected chi connectivity index (χ1v) is 6.00. The topological polar surface area (TPSA) is 85.0 Å². The average Bonchev–Trinajstić information content (AvgIpc) is 2.63. The molecule has 0 saturated carbocycles. The zero-order valence-corrected chi connectivity index (χ0v) is 10.0. The second-order valence-electron chi connectivity index (χ2n) is 4.39. The molecule has 1 unspecified atom stereocenters. The Labute approximate surface area is 101 Å². The van der Waals surface area contributed by atoms with Gasteiger partial charge in [0.25, 0.3) is 0 Å². The predicted molar refractivity (Wildman–Crippen MR) is 65.6 cm³/mol. The lowest BCUT2D eigenvalue weighted by molar-refractivity contribution is -0.116. The van der Waals surface area contributed by atoms with Gasteiger partial charge in [0, 0.05) is 31.6 Å². The number of aromatic nitrogens is 2. The molecule has 94 valence electrons. The van der Waals surface area contributed by atoms with Gasteiger partial charge < -0.3 is 16.4 Å². The van der Waals surface area contributed by atoms with E-state index in [0.717, 1.165) is 25.3 Å². The first-order valence-electron chi connectivity index (χ1n) is 6.00. The third-order valence-electron chi connectivity index (χ3n) is 3.02. The lowest BCUT2D eigenvalue weighted by atomic mass is 10.1. The van der Waals surface area contributed by atoms with Gasteiger partial charge in [-0.15, -0.1) is 0 Å². The lowest BCUT2D eigenvalue weighted by Gasteiger charge is -2.28. The molecule has 0 radical (unpaired) electrons. The molecule has 1 aliphatic heterocycles. The Bertz CT molecular complexity index is 385. The van der Waals surface area contributed by atoms with Crippen molar-refractivity contribution < 1.29 is 4.79 Å². The minimum atomic E-state index is -0.0725. The van der Waals surface area contributed by atoms with Gasteiger partial charge in [0.05, 0.1) is 12.2 Å². The molecule has 17 heavy (non-hydrogen) atoms. The summed E-state index contributed by atoms with van der Waals surface area (Å²) < 4.78 is 1.85. The highest BCUT2D eigenvalue weighted by molar-refractivity contribution is 5.90. The van der Waals surface area contributed by atoms with Gasteiger partial charge >= 0.3 is 0 Å². The van der Waals surface area contributed by atoms with E-state index in [1.54, 1.807) is 6.20 Å². The summed E-state index contributed by atoms with van der Waals surface area (Å²) in [7, 11) is 0. The highest BCUT2D eigenvalue weighted by Gasteiger charge is 2.22. The summed E-state index contributed by atoms with van der Waals surface area (Å²) in [6, 6.07) is 2.09. The van der Waals surface area contributed by atoms with Crippen LogP contribution in [0.2, 0.25) is 0 Å². The molecule has 1 aliphatic rings. The fraction of sp³-hybridized carbons (Fsp3) is 0.636. The summed E-state index contributed by atoms with van der Waals surface area (Å²) in [6.45, 7) is 3.78. The minimum absolute atomic E-state index is 0.0478. The molecule has 1 aromatic rings. The maximum Gasteiger partial charge on any atom is 0.227 e. The summed E-state index contributed by atoms with van der Waals surface area (Å²) in [5, 5.41) is 10.3. The van der Waals surface area contributed by atoms with Crippen molar-refractivity contribution in [2.24, 2.45) is 5.73 Å². The number of amides is 1. The summed E-state index contributed by atoms with van der Waals surface area (Å²) in [5.41, 5.74) is 5.74. The van der Waals surface area contributed by atoms with E-state index in [2.05, 4.69) is 15.7 Å². The zero-order valence-electron chi connectivity index (χ0n) is 10.0. The van der Waals surface area contributed by atoms with Crippen molar-refractivity contribution in [1.82, 2.24) is 15.1 Å². The maximum atomic E-state index is 11.7. The molecule has 1 aromatic heterocycles. The van der Waals surface area contributed by atoms with Crippen LogP contribution in [-0.4, -0.2) is 34.8 Å². The van der Waals surface area contributed by atoms with E-state index in [4.69, 9.17) is 5.73 Å². The van der Waals surface area contributed by atoms with Gasteiger partial charge in [0.2, 0.25) is 5.91 Å². The smallest absolute Gasteiger partial charge is 0.227 e. The number of hydrogen-bond acceptors (Lipinski definition) is 4. The number of carbonyl (C=O) groups excluding carboxylic acids is 1. The van der Waals surface area contributed by atoms with Gasteiger partial charge in [-0.3, -0.25) is 4.79 Å². The number of rotatable bonds is 5. The molecule has 1 saturated heterocycles. The normalized spacial score (nSPS) is 17.5. The fourth-order valence-corrected chi connectivity index (χ4v) is 1.73. The number of anilines is 1. The quantitative estimate of drug-likeness (QED) is 0.677. The molecule has 2 rings (SSSR count). The van der Waals surface area contributed by atoms with Crippen LogP contribution in [0.1, 0.15) is 25.8 Å². The van der Waals surface area contributed by atoms with E-state index in [0.29, 0.717) is 12.5 Å². The van der Waals surface area contributed by atoms with Gasteiger partial charge in [-0.05, 0) is 6.42 Å². The number of carbonyl (C=O) groups is 1. The molecule has 0 spiro atoms. The SMILES string of the molecule is CCC(N)CC(=O)Nc1ccnn1C1CNC1.